The summed E-state index contributed by atoms with van der Waals surface area (Å²) in [5.41, 5.74) is 5.65. The Labute approximate surface area is 226 Å². The first-order valence-electron chi connectivity index (χ1n) is 14.5. The molecule has 37 heavy (non-hydrogen) atoms. The lowest BCUT2D eigenvalue weighted by Crippen LogP contribution is -2.57. The summed E-state index contributed by atoms with van der Waals surface area (Å²) in [6, 6.07) is 15.7. The van der Waals surface area contributed by atoms with Gasteiger partial charge in [0.25, 0.3) is 0 Å². The predicted octanol–water partition coefficient (Wildman–Crippen LogP) is 9.97. The van der Waals surface area contributed by atoms with Crippen LogP contribution in [0.3, 0.4) is 0 Å². The number of phenolic OH excluding ortho intramolecular Hbond substituents is 1. The molecule has 1 N–H and O–H groups in total. The first-order chi connectivity index (χ1) is 17.7. The van der Waals surface area contributed by atoms with E-state index in [1.807, 2.05) is 11.8 Å². The molecular formula is C34H40O2S. The number of phenols is 1. The van der Waals surface area contributed by atoms with Crippen molar-refractivity contribution in [1.29, 1.82) is 0 Å². The lowest BCUT2D eigenvalue weighted by molar-refractivity contribution is -0.0821. The zero-order valence-corrected chi connectivity index (χ0v) is 23.7. The predicted molar refractivity (Wildman–Crippen MR) is 155 cm³/mol. The molecule has 0 aromatic heterocycles. The van der Waals surface area contributed by atoms with E-state index in [-0.39, 0.29) is 21.2 Å². The number of hydrogen-bond donors (Lipinski definition) is 1. The van der Waals surface area contributed by atoms with Gasteiger partial charge in [-0.3, -0.25) is 0 Å². The first kappa shape index (κ1) is 23.9. The molecule has 1 aliphatic heterocycles. The van der Waals surface area contributed by atoms with Crippen molar-refractivity contribution in [1.82, 2.24) is 0 Å². The molecule has 1 heterocycles. The SMILES string of the molecule is CC1(C)CCCC(C)(C)C12Oc1cc3c4c(cc(O)c3cc1S2)C1(CCCCCCC1)c1ccccc1-4. The molecule has 0 unspecified atom stereocenters. The Morgan fingerprint density at radius 2 is 1.41 bits per heavy atom. The minimum absolute atomic E-state index is 0.0151. The molecule has 2 fully saturated rings. The Morgan fingerprint density at radius 1 is 0.730 bits per heavy atom. The van der Waals surface area contributed by atoms with Gasteiger partial charge in [0.15, 0.2) is 4.93 Å². The fourth-order valence-electron chi connectivity index (χ4n) is 8.65. The summed E-state index contributed by atoms with van der Waals surface area (Å²) in [7, 11) is 0. The first-order valence-corrected chi connectivity index (χ1v) is 15.3. The van der Waals surface area contributed by atoms with E-state index >= 15 is 0 Å². The van der Waals surface area contributed by atoms with Crippen molar-refractivity contribution in [3.8, 4) is 22.6 Å². The largest absolute Gasteiger partial charge is 0.507 e. The summed E-state index contributed by atoms with van der Waals surface area (Å²) in [6.07, 6.45) is 12.4. The van der Waals surface area contributed by atoms with Gasteiger partial charge in [0.1, 0.15) is 11.5 Å². The summed E-state index contributed by atoms with van der Waals surface area (Å²) in [5.74, 6) is 1.43. The third-order valence-electron chi connectivity index (χ3n) is 10.5. The van der Waals surface area contributed by atoms with Crippen LogP contribution in [0.25, 0.3) is 21.9 Å². The van der Waals surface area contributed by atoms with Crippen LogP contribution in [-0.2, 0) is 5.41 Å². The van der Waals surface area contributed by atoms with Gasteiger partial charge in [-0.2, -0.15) is 0 Å². The smallest absolute Gasteiger partial charge is 0.169 e. The lowest BCUT2D eigenvalue weighted by atomic mass is 9.62. The van der Waals surface area contributed by atoms with Crippen molar-refractivity contribution in [3.63, 3.8) is 0 Å². The zero-order valence-electron chi connectivity index (χ0n) is 22.9. The summed E-state index contributed by atoms with van der Waals surface area (Å²) in [4.78, 5) is 0.882. The van der Waals surface area contributed by atoms with Crippen LogP contribution in [0.4, 0.5) is 0 Å². The average Bonchev–Trinajstić information content (AvgIpc) is 3.35. The van der Waals surface area contributed by atoms with Gasteiger partial charge in [-0.1, -0.05) is 102 Å². The van der Waals surface area contributed by atoms with Crippen LogP contribution >= 0.6 is 11.8 Å². The Hall–Kier alpha value is -2.13. The van der Waals surface area contributed by atoms with Crippen LogP contribution in [0, 0.1) is 10.8 Å². The van der Waals surface area contributed by atoms with Crippen LogP contribution in [0.2, 0.25) is 0 Å². The summed E-state index contributed by atoms with van der Waals surface area (Å²) in [6.45, 7) is 9.54. The molecule has 3 aromatic rings. The second-order valence-corrected chi connectivity index (χ2v) is 14.7. The van der Waals surface area contributed by atoms with E-state index in [0.29, 0.717) is 5.75 Å². The van der Waals surface area contributed by atoms with E-state index in [2.05, 4.69) is 70.2 Å². The summed E-state index contributed by atoms with van der Waals surface area (Å²) < 4.78 is 7.12. The van der Waals surface area contributed by atoms with E-state index in [0.717, 1.165) is 16.5 Å². The molecule has 3 heteroatoms. The minimum atomic E-state index is -0.296. The molecule has 3 aromatic carbocycles. The molecule has 2 spiro atoms. The highest BCUT2D eigenvalue weighted by Crippen LogP contribution is 2.68. The molecule has 0 saturated heterocycles. The Kier molecular flexibility index (Phi) is 5.14. The summed E-state index contributed by atoms with van der Waals surface area (Å²) in [5, 5.41) is 13.7. The molecule has 7 rings (SSSR count). The second-order valence-electron chi connectivity index (χ2n) is 13.5. The van der Waals surface area contributed by atoms with Crippen molar-refractivity contribution in [2.75, 3.05) is 0 Å². The number of hydrogen-bond acceptors (Lipinski definition) is 3. The highest BCUT2D eigenvalue weighted by Gasteiger charge is 2.62. The van der Waals surface area contributed by atoms with Gasteiger partial charge in [0.05, 0.1) is 4.90 Å². The van der Waals surface area contributed by atoms with E-state index in [9.17, 15) is 5.11 Å². The zero-order chi connectivity index (χ0) is 25.6. The van der Waals surface area contributed by atoms with Gasteiger partial charge < -0.3 is 9.84 Å². The fourth-order valence-corrected chi connectivity index (χ4v) is 10.2. The van der Waals surface area contributed by atoms with Gasteiger partial charge in [-0.25, -0.2) is 0 Å². The van der Waals surface area contributed by atoms with E-state index in [1.165, 1.54) is 91.4 Å². The average molecular weight is 513 g/mol. The van der Waals surface area contributed by atoms with Crippen molar-refractivity contribution in [2.45, 2.75) is 107 Å². The van der Waals surface area contributed by atoms with Crippen LogP contribution < -0.4 is 4.74 Å². The number of rotatable bonds is 0. The molecule has 0 atom stereocenters. The summed E-state index contributed by atoms with van der Waals surface area (Å²) >= 11 is 1.91. The number of ether oxygens (including phenoxy) is 1. The second kappa shape index (κ2) is 7.94. The minimum Gasteiger partial charge on any atom is -0.507 e. The number of aromatic hydroxyl groups is 1. The molecule has 4 aliphatic rings. The van der Waals surface area contributed by atoms with Gasteiger partial charge in [-0.15, -0.1) is 0 Å². The molecule has 0 amide bonds. The van der Waals surface area contributed by atoms with E-state index < -0.39 is 0 Å². The molecular weight excluding hydrogens is 472 g/mol. The maximum atomic E-state index is 11.5. The topological polar surface area (TPSA) is 29.5 Å². The monoisotopic (exact) mass is 512 g/mol. The standard InChI is InChI=1S/C34H40O2S/c1-31(2)15-12-16-32(3,4)34(31)36-28-19-24-23(20-29(28)37-34)27(35)21-26-30(24)22-13-8-9-14-25(22)33(26)17-10-6-5-7-11-18-33/h8-9,13-14,19-21,35H,5-7,10-12,15-18H2,1-4H3. The highest BCUT2D eigenvalue weighted by molar-refractivity contribution is 8.01. The van der Waals surface area contributed by atoms with E-state index in [4.69, 9.17) is 4.74 Å². The van der Waals surface area contributed by atoms with Gasteiger partial charge in [0.2, 0.25) is 0 Å². The molecule has 3 aliphatic carbocycles. The molecule has 0 bridgehead atoms. The van der Waals surface area contributed by atoms with Crippen LogP contribution in [0.5, 0.6) is 11.5 Å². The molecule has 2 saturated carbocycles. The molecule has 0 radical (unpaired) electrons. The van der Waals surface area contributed by atoms with E-state index in [1.54, 1.807) is 0 Å². The third-order valence-corrected chi connectivity index (χ3v) is 12.5. The third kappa shape index (κ3) is 3.13. The number of benzene rings is 3. The van der Waals surface area contributed by atoms with Gasteiger partial charge in [0, 0.05) is 21.6 Å². The quantitative estimate of drug-likeness (QED) is 0.325. The van der Waals surface area contributed by atoms with Crippen molar-refractivity contribution < 1.29 is 9.84 Å². The van der Waals surface area contributed by atoms with Crippen molar-refractivity contribution >= 4 is 22.5 Å². The molecule has 194 valence electrons. The number of fused-ring (bicyclic) bond motifs is 8. The maximum Gasteiger partial charge on any atom is 0.169 e. The Morgan fingerprint density at radius 3 is 2.14 bits per heavy atom. The number of thioether (sulfide) groups is 1. The highest BCUT2D eigenvalue weighted by atomic mass is 32.2. The fraction of sp³-hybridized carbons (Fsp3) is 0.529. The van der Waals surface area contributed by atoms with Crippen LogP contribution in [0.1, 0.15) is 103 Å². The van der Waals surface area contributed by atoms with Crippen molar-refractivity contribution in [3.05, 3.63) is 53.6 Å². The maximum absolute atomic E-state index is 11.5. The normalized spacial score (nSPS) is 24.2. The Bertz CT molecular complexity index is 1390. The van der Waals surface area contributed by atoms with Crippen molar-refractivity contribution in [2.24, 2.45) is 10.8 Å². The lowest BCUT2D eigenvalue weighted by Gasteiger charge is -2.55. The van der Waals surface area contributed by atoms with Gasteiger partial charge in [-0.05, 0) is 71.5 Å². The van der Waals surface area contributed by atoms with Crippen LogP contribution in [-0.4, -0.2) is 10.0 Å². The van der Waals surface area contributed by atoms with Crippen LogP contribution in [0.15, 0.2) is 47.4 Å². The molecule has 2 nitrogen and oxygen atoms in total. The Balaban J connectivity index is 1.45. The van der Waals surface area contributed by atoms with Gasteiger partial charge >= 0.3 is 0 Å².